The van der Waals surface area contributed by atoms with Gasteiger partial charge in [0, 0.05) is 21.1 Å². The second-order valence-corrected chi connectivity index (χ2v) is 6.82. The van der Waals surface area contributed by atoms with Crippen LogP contribution in [0.2, 0.25) is 0 Å². The van der Waals surface area contributed by atoms with E-state index in [4.69, 9.17) is 4.65 Å². The molecule has 0 aliphatic carbocycles. The first-order chi connectivity index (χ1) is 10.9. The molecule has 0 radical (unpaired) electrons. The zero-order chi connectivity index (χ0) is 14.8. The smallest absolute Gasteiger partial charge is 0.447 e. The van der Waals surface area contributed by atoms with Crippen molar-refractivity contribution >= 4 is 50.0 Å². The van der Waals surface area contributed by atoms with E-state index >= 15 is 0 Å². The van der Waals surface area contributed by atoms with Crippen molar-refractivity contribution in [2.45, 2.75) is 0 Å². The maximum absolute atomic E-state index is 6.37. The summed E-state index contributed by atoms with van der Waals surface area (Å²) in [5, 5.41) is 5.26. The maximum atomic E-state index is 6.37. The van der Waals surface area contributed by atoms with Gasteiger partial charge in [0.15, 0.2) is 0 Å². The van der Waals surface area contributed by atoms with Crippen molar-refractivity contribution in [3.63, 3.8) is 0 Å². The lowest BCUT2D eigenvalue weighted by atomic mass is 9.65. The average molecular weight is 321 g/mol. The van der Waals surface area contributed by atoms with Crippen molar-refractivity contribution in [3.05, 3.63) is 71.6 Å². The predicted molar refractivity (Wildman–Crippen MR) is 96.0 cm³/mol. The fourth-order valence-electron chi connectivity index (χ4n) is 2.44. The first-order valence-corrected chi connectivity index (χ1v) is 8.75. The Kier molecular flexibility index (Phi) is 3.66. The topological polar surface area (TPSA) is 22.1 Å². The Morgan fingerprint density at radius 1 is 0.818 bits per heavy atom. The first kappa shape index (κ1) is 13.6. The van der Waals surface area contributed by atoms with E-state index in [2.05, 4.69) is 52.1 Å². The number of thiophene rings is 2. The van der Waals surface area contributed by atoms with Crippen molar-refractivity contribution in [1.82, 2.24) is 4.98 Å². The number of pyridine rings is 1. The van der Waals surface area contributed by atoms with E-state index in [9.17, 15) is 0 Å². The number of hydrogen-bond donors (Lipinski definition) is 0. The van der Waals surface area contributed by atoms with Crippen molar-refractivity contribution in [2.24, 2.45) is 0 Å². The van der Waals surface area contributed by atoms with E-state index < -0.39 is 0 Å². The number of rotatable bonds is 4. The summed E-state index contributed by atoms with van der Waals surface area (Å²) in [6.07, 6.45) is 1.81. The van der Waals surface area contributed by atoms with Crippen LogP contribution in [-0.4, -0.2) is 11.9 Å². The minimum absolute atomic E-state index is 0.0763. The van der Waals surface area contributed by atoms with Gasteiger partial charge in [0.1, 0.15) is 11.3 Å². The van der Waals surface area contributed by atoms with Crippen molar-refractivity contribution < 1.29 is 4.65 Å². The van der Waals surface area contributed by atoms with Gasteiger partial charge in [-0.3, -0.25) is 4.98 Å². The largest absolute Gasteiger partial charge is 0.549 e. The molecule has 0 N–H and O–H groups in total. The van der Waals surface area contributed by atoms with Gasteiger partial charge in [-0.15, -0.1) is 0 Å². The Bertz CT molecular complexity index is 835. The summed E-state index contributed by atoms with van der Waals surface area (Å²) in [5.41, 5.74) is 0.906. The average Bonchev–Trinajstić information content (AvgIpc) is 3.26. The van der Waals surface area contributed by atoms with Crippen LogP contribution in [0.4, 0.5) is 0 Å². The summed E-state index contributed by atoms with van der Waals surface area (Å²) >= 11 is 3.43. The van der Waals surface area contributed by atoms with Gasteiger partial charge < -0.3 is 4.65 Å². The molecule has 1 aromatic carbocycles. The minimum Gasteiger partial charge on any atom is -0.549 e. The van der Waals surface area contributed by atoms with E-state index in [0.29, 0.717) is 0 Å². The Morgan fingerprint density at radius 2 is 1.55 bits per heavy atom. The van der Waals surface area contributed by atoms with Gasteiger partial charge in [0.25, 0.3) is 0 Å². The molecule has 4 aromatic rings. The molecule has 5 heteroatoms. The van der Waals surface area contributed by atoms with Crippen LogP contribution >= 0.6 is 22.7 Å². The molecule has 3 aromatic heterocycles. The Hall–Kier alpha value is -2.11. The highest BCUT2D eigenvalue weighted by molar-refractivity contribution is 7.30. The van der Waals surface area contributed by atoms with Crippen LogP contribution in [0.15, 0.2) is 71.6 Å². The Labute approximate surface area is 137 Å². The van der Waals surface area contributed by atoms with Crippen LogP contribution in [0.25, 0.3) is 10.9 Å². The van der Waals surface area contributed by atoms with Crippen LogP contribution in [0.3, 0.4) is 0 Å². The standard InChI is InChI=1S/C17H12BNOS2/c1-5-13-6-2-10-19-17(13)14(7-1)20-18(15-8-3-11-21-15)16-9-4-12-22-16/h1-12H. The van der Waals surface area contributed by atoms with E-state index in [1.165, 1.54) is 9.55 Å². The molecular weight excluding hydrogens is 309 g/mol. The highest BCUT2D eigenvalue weighted by atomic mass is 32.1. The lowest BCUT2D eigenvalue weighted by Gasteiger charge is -2.14. The van der Waals surface area contributed by atoms with E-state index in [1.54, 1.807) is 28.9 Å². The SMILES string of the molecule is c1csc(B(Oc2cccc3cccnc23)c2cccs2)c1. The van der Waals surface area contributed by atoms with Gasteiger partial charge in [-0.25, -0.2) is 0 Å². The maximum Gasteiger partial charge on any atom is 0.447 e. The van der Waals surface area contributed by atoms with E-state index in [1.807, 2.05) is 18.2 Å². The third-order valence-corrected chi connectivity index (χ3v) is 5.27. The predicted octanol–water partition coefficient (Wildman–Crippen LogP) is 3.54. The quantitative estimate of drug-likeness (QED) is 0.536. The van der Waals surface area contributed by atoms with Crippen LogP contribution < -0.4 is 14.2 Å². The fourth-order valence-corrected chi connectivity index (χ4v) is 4.05. The van der Waals surface area contributed by atoms with Gasteiger partial charge >= 0.3 is 6.92 Å². The number of hydrogen-bond acceptors (Lipinski definition) is 4. The number of fused-ring (bicyclic) bond motifs is 1. The zero-order valence-electron chi connectivity index (χ0n) is 11.7. The number of para-hydroxylation sites is 1. The normalized spacial score (nSPS) is 10.7. The van der Waals surface area contributed by atoms with Crippen molar-refractivity contribution in [1.29, 1.82) is 0 Å². The van der Waals surface area contributed by atoms with Gasteiger partial charge in [0.2, 0.25) is 0 Å². The lowest BCUT2D eigenvalue weighted by molar-refractivity contribution is 0.599. The first-order valence-electron chi connectivity index (χ1n) is 6.99. The zero-order valence-corrected chi connectivity index (χ0v) is 13.3. The molecule has 0 saturated carbocycles. The molecule has 2 nitrogen and oxygen atoms in total. The van der Waals surface area contributed by atoms with E-state index in [0.717, 1.165) is 16.7 Å². The van der Waals surface area contributed by atoms with Gasteiger partial charge in [-0.05, 0) is 22.9 Å². The summed E-state index contributed by atoms with van der Waals surface area (Å²) in [5.74, 6) is 0.824. The summed E-state index contributed by atoms with van der Waals surface area (Å²) in [4.78, 5) is 4.48. The van der Waals surface area contributed by atoms with Gasteiger partial charge in [-0.1, -0.05) is 42.5 Å². The molecule has 0 fully saturated rings. The summed E-state index contributed by atoms with van der Waals surface area (Å²) in [7, 11) is 0. The van der Waals surface area contributed by atoms with E-state index in [-0.39, 0.29) is 6.92 Å². The summed E-state index contributed by atoms with van der Waals surface area (Å²) < 4.78 is 8.78. The van der Waals surface area contributed by atoms with Gasteiger partial charge in [-0.2, -0.15) is 22.7 Å². The number of benzene rings is 1. The van der Waals surface area contributed by atoms with Crippen LogP contribution in [-0.2, 0) is 0 Å². The van der Waals surface area contributed by atoms with Crippen LogP contribution in [0.1, 0.15) is 0 Å². The molecule has 0 unspecified atom stereocenters. The molecule has 0 bridgehead atoms. The van der Waals surface area contributed by atoms with Crippen LogP contribution in [0.5, 0.6) is 5.75 Å². The molecule has 106 valence electrons. The molecule has 0 spiro atoms. The molecular formula is C17H12BNOS2. The van der Waals surface area contributed by atoms with Crippen molar-refractivity contribution in [3.8, 4) is 5.75 Å². The third kappa shape index (κ3) is 2.53. The highest BCUT2D eigenvalue weighted by Crippen LogP contribution is 2.23. The minimum atomic E-state index is -0.0763. The molecule has 0 aliphatic heterocycles. The monoisotopic (exact) mass is 321 g/mol. The summed E-state index contributed by atoms with van der Waals surface area (Å²) in [6.45, 7) is -0.0763. The number of nitrogens with zero attached hydrogens (tertiary/aromatic N) is 1. The molecule has 3 heterocycles. The van der Waals surface area contributed by atoms with Gasteiger partial charge in [0.05, 0.1) is 0 Å². The van der Waals surface area contributed by atoms with Crippen LogP contribution in [0, 0.1) is 0 Å². The lowest BCUT2D eigenvalue weighted by Crippen LogP contribution is -2.44. The molecule has 22 heavy (non-hydrogen) atoms. The third-order valence-electron chi connectivity index (χ3n) is 3.44. The molecule has 0 amide bonds. The molecule has 0 atom stereocenters. The molecule has 0 aliphatic rings. The van der Waals surface area contributed by atoms with Crippen molar-refractivity contribution in [2.75, 3.05) is 0 Å². The highest BCUT2D eigenvalue weighted by Gasteiger charge is 2.26. The molecule has 4 rings (SSSR count). The second kappa shape index (κ2) is 5.95. The fraction of sp³-hybridized carbons (Fsp3) is 0. The Morgan fingerprint density at radius 3 is 2.23 bits per heavy atom. The molecule has 0 saturated heterocycles. The Balaban J connectivity index is 1.78. The summed E-state index contributed by atoms with van der Waals surface area (Å²) in [6, 6.07) is 18.4. The second-order valence-electron chi connectivity index (χ2n) is 4.86. The number of aromatic nitrogens is 1.